The van der Waals surface area contributed by atoms with Crippen LogP contribution in [-0.2, 0) is 11.2 Å². The molecule has 1 aromatic heterocycles. The zero-order chi connectivity index (χ0) is 26.4. The van der Waals surface area contributed by atoms with Crippen molar-refractivity contribution in [2.75, 3.05) is 32.1 Å². The van der Waals surface area contributed by atoms with E-state index >= 15 is 0 Å². The third kappa shape index (κ3) is 6.43. The molecule has 4 rings (SSSR count). The zero-order valence-corrected chi connectivity index (χ0v) is 22.7. The number of thiophene rings is 1. The molecule has 1 aliphatic heterocycles. The number of nitrogens with one attached hydrogen (secondary N) is 1. The highest BCUT2D eigenvalue weighted by Crippen LogP contribution is 2.34. The molecule has 0 saturated carbocycles. The number of hydrogen-bond donors (Lipinski definition) is 1. The molecule has 8 heteroatoms. The van der Waals surface area contributed by atoms with Crippen molar-refractivity contribution < 1.29 is 19.1 Å². The predicted molar refractivity (Wildman–Crippen MR) is 148 cm³/mol. The SMILES string of the molecule is CC[C@@H](C)N(CC(=O)N1CCc2sccc2[C@@H]1COc1cccc(OC)c1)C(=O)Nc1ccc(C)cc1. The molecule has 2 aromatic carbocycles. The first kappa shape index (κ1) is 26.5. The number of carbonyl (C=O) groups excluding carboxylic acids is 2. The van der Waals surface area contributed by atoms with Gasteiger partial charge in [0.1, 0.15) is 24.7 Å². The van der Waals surface area contributed by atoms with Crippen LogP contribution in [-0.4, -0.2) is 54.6 Å². The van der Waals surface area contributed by atoms with Crippen molar-refractivity contribution >= 4 is 29.0 Å². The van der Waals surface area contributed by atoms with Gasteiger partial charge < -0.3 is 24.6 Å². The Morgan fingerprint density at radius 2 is 1.92 bits per heavy atom. The third-order valence-electron chi connectivity index (χ3n) is 6.86. The monoisotopic (exact) mass is 521 g/mol. The number of methoxy groups -OCH3 is 1. The van der Waals surface area contributed by atoms with Crippen LogP contribution in [0, 0.1) is 6.92 Å². The largest absolute Gasteiger partial charge is 0.497 e. The lowest BCUT2D eigenvalue weighted by molar-refractivity contribution is -0.135. The van der Waals surface area contributed by atoms with Crippen LogP contribution in [0.4, 0.5) is 10.5 Å². The fourth-order valence-corrected chi connectivity index (χ4v) is 5.39. The molecule has 7 nitrogen and oxygen atoms in total. The van der Waals surface area contributed by atoms with Crippen LogP contribution >= 0.6 is 11.3 Å². The maximum Gasteiger partial charge on any atom is 0.322 e. The van der Waals surface area contributed by atoms with Crippen LogP contribution in [0.5, 0.6) is 11.5 Å². The normalized spacial score (nSPS) is 15.5. The van der Waals surface area contributed by atoms with E-state index in [-0.39, 0.29) is 30.6 Å². The molecule has 0 unspecified atom stereocenters. The Kier molecular flexibility index (Phi) is 8.71. The summed E-state index contributed by atoms with van der Waals surface area (Å²) in [7, 11) is 1.62. The van der Waals surface area contributed by atoms with Gasteiger partial charge in [-0.1, -0.05) is 30.7 Å². The topological polar surface area (TPSA) is 71.1 Å². The van der Waals surface area contributed by atoms with E-state index < -0.39 is 0 Å². The minimum Gasteiger partial charge on any atom is -0.497 e. The van der Waals surface area contributed by atoms with Gasteiger partial charge in [-0.2, -0.15) is 0 Å². The number of benzene rings is 2. The van der Waals surface area contributed by atoms with Gasteiger partial charge in [0.2, 0.25) is 5.91 Å². The minimum atomic E-state index is -0.274. The fourth-order valence-electron chi connectivity index (χ4n) is 4.46. The standard InChI is InChI=1S/C29H35N3O4S/c1-5-21(3)32(29(34)30-22-11-9-20(2)10-12-22)18-28(33)31-15-13-27-25(14-16-37-27)26(31)19-36-24-8-6-7-23(17-24)35-4/h6-12,14,16-17,21,26H,5,13,15,18-19H2,1-4H3,(H,30,34)/t21-,26+/m1/s1. The lowest BCUT2D eigenvalue weighted by Gasteiger charge is -2.38. The van der Waals surface area contributed by atoms with E-state index in [9.17, 15) is 9.59 Å². The van der Waals surface area contributed by atoms with Crippen molar-refractivity contribution in [2.45, 2.75) is 45.7 Å². The molecule has 3 aromatic rings. The van der Waals surface area contributed by atoms with Crippen molar-refractivity contribution in [3.8, 4) is 11.5 Å². The second-order valence-corrected chi connectivity index (χ2v) is 10.3. The molecule has 0 aliphatic carbocycles. The summed E-state index contributed by atoms with van der Waals surface area (Å²) in [5, 5.41) is 5.02. The Balaban J connectivity index is 1.50. The summed E-state index contributed by atoms with van der Waals surface area (Å²) >= 11 is 1.71. The zero-order valence-electron chi connectivity index (χ0n) is 21.9. The van der Waals surface area contributed by atoms with E-state index in [2.05, 4.69) is 16.8 Å². The molecule has 0 saturated heterocycles. The van der Waals surface area contributed by atoms with Crippen LogP contribution < -0.4 is 14.8 Å². The lowest BCUT2D eigenvalue weighted by atomic mass is 10.00. The number of urea groups is 1. The highest BCUT2D eigenvalue weighted by molar-refractivity contribution is 7.10. The number of nitrogens with zero attached hydrogens (tertiary/aromatic N) is 2. The number of aryl methyl sites for hydroxylation is 1. The van der Waals surface area contributed by atoms with Gasteiger partial charge in [-0.05, 0) is 68.0 Å². The molecule has 0 spiro atoms. The number of ether oxygens (including phenoxy) is 2. The first-order valence-electron chi connectivity index (χ1n) is 12.7. The van der Waals surface area contributed by atoms with E-state index in [0.29, 0.717) is 30.3 Å². The van der Waals surface area contributed by atoms with Gasteiger partial charge in [0, 0.05) is 29.2 Å². The second kappa shape index (κ2) is 12.1. The molecular weight excluding hydrogens is 486 g/mol. The highest BCUT2D eigenvalue weighted by Gasteiger charge is 2.34. The average Bonchev–Trinajstić information content (AvgIpc) is 3.40. The summed E-state index contributed by atoms with van der Waals surface area (Å²) in [5.74, 6) is 1.32. The first-order valence-corrected chi connectivity index (χ1v) is 13.5. The van der Waals surface area contributed by atoms with Gasteiger partial charge >= 0.3 is 6.03 Å². The number of fused-ring (bicyclic) bond motifs is 1. The van der Waals surface area contributed by atoms with E-state index in [1.165, 1.54) is 4.88 Å². The van der Waals surface area contributed by atoms with Gasteiger partial charge in [0.15, 0.2) is 0 Å². The first-order chi connectivity index (χ1) is 17.9. The number of rotatable bonds is 9. The maximum absolute atomic E-state index is 13.7. The van der Waals surface area contributed by atoms with Gasteiger partial charge in [0.25, 0.3) is 0 Å². The van der Waals surface area contributed by atoms with Crippen LogP contribution in [0.15, 0.2) is 60.0 Å². The molecule has 0 radical (unpaired) electrons. The quantitative estimate of drug-likeness (QED) is 0.380. The molecule has 2 heterocycles. The Morgan fingerprint density at radius 3 is 2.65 bits per heavy atom. The molecule has 0 fully saturated rings. The summed E-state index contributed by atoms with van der Waals surface area (Å²) in [5.41, 5.74) is 2.94. The summed E-state index contributed by atoms with van der Waals surface area (Å²) in [4.78, 5) is 31.7. The van der Waals surface area contributed by atoms with Gasteiger partial charge in [-0.3, -0.25) is 4.79 Å². The number of anilines is 1. The van der Waals surface area contributed by atoms with Gasteiger partial charge in [0.05, 0.1) is 13.2 Å². The molecule has 1 N–H and O–H groups in total. The smallest absolute Gasteiger partial charge is 0.322 e. The predicted octanol–water partition coefficient (Wildman–Crippen LogP) is 5.90. The molecular formula is C29H35N3O4S. The molecule has 1 aliphatic rings. The Hall–Kier alpha value is -3.52. The highest BCUT2D eigenvalue weighted by atomic mass is 32.1. The van der Waals surface area contributed by atoms with Crippen LogP contribution in [0.2, 0.25) is 0 Å². The van der Waals surface area contributed by atoms with Crippen LogP contribution in [0.25, 0.3) is 0 Å². The van der Waals surface area contributed by atoms with E-state index in [1.54, 1.807) is 23.3 Å². The van der Waals surface area contributed by atoms with Gasteiger partial charge in [-0.25, -0.2) is 4.79 Å². The Morgan fingerprint density at radius 1 is 1.16 bits per heavy atom. The Bertz CT molecular complexity index is 1210. The summed E-state index contributed by atoms with van der Waals surface area (Å²) in [6.07, 6.45) is 1.54. The third-order valence-corrected chi connectivity index (χ3v) is 7.85. The van der Waals surface area contributed by atoms with Gasteiger partial charge in [-0.15, -0.1) is 11.3 Å². The van der Waals surface area contributed by atoms with Crippen molar-refractivity contribution in [3.63, 3.8) is 0 Å². The van der Waals surface area contributed by atoms with E-state index in [1.807, 2.05) is 74.2 Å². The van der Waals surface area contributed by atoms with Crippen molar-refractivity contribution in [3.05, 3.63) is 76.0 Å². The molecule has 2 atom stereocenters. The number of carbonyl (C=O) groups is 2. The molecule has 3 amide bonds. The van der Waals surface area contributed by atoms with Crippen LogP contribution in [0.3, 0.4) is 0 Å². The maximum atomic E-state index is 13.7. The molecule has 196 valence electrons. The molecule has 37 heavy (non-hydrogen) atoms. The number of hydrogen-bond acceptors (Lipinski definition) is 5. The summed E-state index contributed by atoms with van der Waals surface area (Å²) in [6, 6.07) is 16.6. The minimum absolute atomic E-state index is 0.00182. The summed E-state index contributed by atoms with van der Waals surface area (Å²) in [6.45, 7) is 6.90. The summed E-state index contributed by atoms with van der Waals surface area (Å²) < 4.78 is 11.5. The van der Waals surface area contributed by atoms with Crippen LogP contribution in [0.1, 0.15) is 42.3 Å². The van der Waals surface area contributed by atoms with Crippen molar-refractivity contribution in [2.24, 2.45) is 0 Å². The fraction of sp³-hybridized carbons (Fsp3) is 0.379. The number of amides is 3. The molecule has 0 bridgehead atoms. The Labute approximate surface area is 223 Å². The second-order valence-electron chi connectivity index (χ2n) is 9.32. The van der Waals surface area contributed by atoms with E-state index in [4.69, 9.17) is 9.47 Å². The lowest BCUT2D eigenvalue weighted by Crippen LogP contribution is -2.50. The van der Waals surface area contributed by atoms with Crippen molar-refractivity contribution in [1.82, 2.24) is 9.80 Å². The van der Waals surface area contributed by atoms with Crippen molar-refractivity contribution in [1.29, 1.82) is 0 Å². The van der Waals surface area contributed by atoms with E-state index in [0.717, 1.165) is 24.0 Å². The average molecular weight is 522 g/mol.